The molecule has 0 radical (unpaired) electrons. The second-order valence-electron chi connectivity index (χ2n) is 5.50. The molecule has 1 aromatic heterocycles. The number of hydrogen-bond donors (Lipinski definition) is 0. The minimum absolute atomic E-state index is 0.0517. The molecule has 2 amide bonds. The van der Waals surface area contributed by atoms with Gasteiger partial charge in [-0.2, -0.15) is 0 Å². The zero-order valence-electron chi connectivity index (χ0n) is 13.5. The van der Waals surface area contributed by atoms with Gasteiger partial charge >= 0.3 is 0 Å². The van der Waals surface area contributed by atoms with Gasteiger partial charge in [-0.1, -0.05) is 18.7 Å². The fourth-order valence-electron chi connectivity index (χ4n) is 2.79. The van der Waals surface area contributed by atoms with E-state index < -0.39 is 16.7 Å². The summed E-state index contributed by atoms with van der Waals surface area (Å²) in [5.41, 5.74) is 1.25. The van der Waals surface area contributed by atoms with Gasteiger partial charge in [0, 0.05) is 12.1 Å². The maximum absolute atomic E-state index is 12.7. The number of nitro benzene ring substituents is 1. The first-order chi connectivity index (χ1) is 12.5. The summed E-state index contributed by atoms with van der Waals surface area (Å²) >= 11 is 3.13. The molecule has 0 bridgehead atoms. The SMILES string of the molecule is CCSc1nc2ccc(N3C(=O)c4ccc([N+](=O)[O-])cc4C3=O)cc2s1. The number of non-ortho nitro benzene ring substituents is 1. The van der Waals surface area contributed by atoms with E-state index >= 15 is 0 Å². The van der Waals surface area contributed by atoms with Crippen molar-refractivity contribution in [2.45, 2.75) is 11.3 Å². The van der Waals surface area contributed by atoms with E-state index in [1.807, 2.05) is 6.92 Å². The Balaban J connectivity index is 1.76. The average Bonchev–Trinajstić information content (AvgIpc) is 3.13. The van der Waals surface area contributed by atoms with Gasteiger partial charge in [-0.05, 0) is 30.0 Å². The van der Waals surface area contributed by atoms with Crippen LogP contribution in [0, 0.1) is 10.1 Å². The van der Waals surface area contributed by atoms with Crippen molar-refractivity contribution in [2.24, 2.45) is 0 Å². The van der Waals surface area contributed by atoms with E-state index in [1.165, 1.54) is 23.5 Å². The molecule has 0 N–H and O–H groups in total. The molecular weight excluding hydrogens is 374 g/mol. The monoisotopic (exact) mass is 385 g/mol. The lowest BCUT2D eigenvalue weighted by atomic mass is 10.1. The maximum atomic E-state index is 12.7. The Morgan fingerprint density at radius 1 is 1.15 bits per heavy atom. The first-order valence-electron chi connectivity index (χ1n) is 7.70. The molecule has 0 unspecified atom stereocenters. The summed E-state index contributed by atoms with van der Waals surface area (Å²) in [4.78, 5) is 41.2. The Kier molecular flexibility index (Phi) is 3.97. The molecule has 0 aliphatic carbocycles. The third kappa shape index (κ3) is 2.56. The highest BCUT2D eigenvalue weighted by Gasteiger charge is 2.38. The van der Waals surface area contributed by atoms with Gasteiger partial charge in [0.25, 0.3) is 17.5 Å². The quantitative estimate of drug-likeness (QED) is 0.290. The minimum atomic E-state index is -0.586. The number of carbonyl (C=O) groups excluding carboxylic acids is 2. The van der Waals surface area contributed by atoms with E-state index in [-0.39, 0.29) is 16.8 Å². The van der Waals surface area contributed by atoms with E-state index in [0.29, 0.717) is 5.69 Å². The summed E-state index contributed by atoms with van der Waals surface area (Å²) in [6.07, 6.45) is 0. The highest BCUT2D eigenvalue weighted by atomic mass is 32.2. The van der Waals surface area contributed by atoms with Crippen molar-refractivity contribution in [1.29, 1.82) is 0 Å². The number of anilines is 1. The lowest BCUT2D eigenvalue weighted by Gasteiger charge is -2.13. The average molecular weight is 385 g/mol. The Morgan fingerprint density at radius 2 is 1.92 bits per heavy atom. The van der Waals surface area contributed by atoms with Gasteiger partial charge in [0.05, 0.1) is 32.0 Å². The number of nitrogens with zero attached hydrogens (tertiary/aromatic N) is 3. The number of aromatic nitrogens is 1. The van der Waals surface area contributed by atoms with Gasteiger partial charge < -0.3 is 0 Å². The molecule has 1 aliphatic rings. The summed E-state index contributed by atoms with van der Waals surface area (Å²) in [6, 6.07) is 8.90. The zero-order chi connectivity index (χ0) is 18.4. The molecule has 26 heavy (non-hydrogen) atoms. The number of hydrogen-bond acceptors (Lipinski definition) is 7. The van der Waals surface area contributed by atoms with E-state index in [2.05, 4.69) is 4.98 Å². The first-order valence-corrected chi connectivity index (χ1v) is 9.50. The fourth-order valence-corrected chi connectivity index (χ4v) is 4.79. The molecule has 1 aliphatic heterocycles. The van der Waals surface area contributed by atoms with Crippen LogP contribution in [-0.2, 0) is 0 Å². The van der Waals surface area contributed by atoms with Crippen molar-refractivity contribution in [3.63, 3.8) is 0 Å². The van der Waals surface area contributed by atoms with Crippen molar-refractivity contribution in [2.75, 3.05) is 10.7 Å². The van der Waals surface area contributed by atoms with Gasteiger partial charge in [0.2, 0.25) is 0 Å². The van der Waals surface area contributed by atoms with E-state index in [9.17, 15) is 19.7 Å². The molecule has 7 nitrogen and oxygen atoms in total. The van der Waals surface area contributed by atoms with Gasteiger partial charge in [-0.15, -0.1) is 11.3 Å². The van der Waals surface area contributed by atoms with Crippen LogP contribution in [0.15, 0.2) is 40.7 Å². The fraction of sp³-hybridized carbons (Fsp3) is 0.118. The molecular formula is C17H11N3O4S2. The molecule has 2 aromatic carbocycles. The van der Waals surface area contributed by atoms with Crippen LogP contribution in [0.2, 0.25) is 0 Å². The van der Waals surface area contributed by atoms with Gasteiger partial charge in [-0.3, -0.25) is 19.7 Å². The van der Waals surface area contributed by atoms with Crippen LogP contribution in [-0.4, -0.2) is 27.5 Å². The van der Waals surface area contributed by atoms with Crippen LogP contribution >= 0.6 is 23.1 Å². The predicted octanol–water partition coefficient (Wildman–Crippen LogP) is 4.12. The third-order valence-corrected chi connectivity index (χ3v) is 6.00. The van der Waals surface area contributed by atoms with Gasteiger partial charge in [0.1, 0.15) is 0 Å². The normalized spacial score (nSPS) is 13.5. The lowest BCUT2D eigenvalue weighted by molar-refractivity contribution is -0.384. The van der Waals surface area contributed by atoms with Crippen LogP contribution in [0.1, 0.15) is 27.6 Å². The number of benzene rings is 2. The van der Waals surface area contributed by atoms with E-state index in [4.69, 9.17) is 0 Å². The number of imide groups is 1. The molecule has 0 spiro atoms. The maximum Gasteiger partial charge on any atom is 0.270 e. The molecule has 0 saturated carbocycles. The Hall–Kier alpha value is -2.78. The van der Waals surface area contributed by atoms with Gasteiger partial charge in [-0.25, -0.2) is 9.88 Å². The van der Waals surface area contributed by atoms with Crippen LogP contribution in [0.3, 0.4) is 0 Å². The Morgan fingerprint density at radius 3 is 2.65 bits per heavy atom. The molecule has 0 atom stereocenters. The lowest BCUT2D eigenvalue weighted by Crippen LogP contribution is -2.29. The second kappa shape index (κ2) is 6.19. The van der Waals surface area contributed by atoms with Gasteiger partial charge in [0.15, 0.2) is 4.34 Å². The predicted molar refractivity (Wildman–Crippen MR) is 100 cm³/mol. The van der Waals surface area contributed by atoms with Crippen molar-refractivity contribution in [3.05, 3.63) is 57.6 Å². The number of fused-ring (bicyclic) bond motifs is 2. The standard InChI is InChI=1S/C17H11N3O4S2/c1-2-25-17-18-13-6-4-9(8-14(13)26-17)19-15(21)11-5-3-10(20(23)24)7-12(11)16(19)22/h3-8H,2H2,1H3. The summed E-state index contributed by atoms with van der Waals surface area (Å²) in [6.45, 7) is 2.04. The summed E-state index contributed by atoms with van der Waals surface area (Å²) < 4.78 is 1.80. The van der Waals surface area contributed by atoms with Crippen molar-refractivity contribution in [1.82, 2.24) is 4.98 Å². The summed E-state index contributed by atoms with van der Waals surface area (Å²) in [5, 5.41) is 10.9. The Bertz CT molecular complexity index is 1090. The van der Waals surface area contributed by atoms with Crippen molar-refractivity contribution in [3.8, 4) is 0 Å². The summed E-state index contributed by atoms with van der Waals surface area (Å²) in [7, 11) is 0. The molecule has 0 saturated heterocycles. The second-order valence-corrected chi connectivity index (χ2v) is 8.04. The smallest absolute Gasteiger partial charge is 0.268 e. The molecule has 2 heterocycles. The summed E-state index contributed by atoms with van der Waals surface area (Å²) in [5.74, 6) is -0.128. The number of thioether (sulfide) groups is 1. The van der Waals surface area contributed by atoms with Crippen molar-refractivity contribution >= 4 is 56.5 Å². The number of amides is 2. The molecule has 0 fully saturated rings. The highest BCUT2D eigenvalue weighted by molar-refractivity contribution is 8.01. The largest absolute Gasteiger partial charge is 0.270 e. The molecule has 9 heteroatoms. The topological polar surface area (TPSA) is 93.4 Å². The van der Waals surface area contributed by atoms with Crippen LogP contribution in [0.4, 0.5) is 11.4 Å². The van der Waals surface area contributed by atoms with Crippen LogP contribution in [0.5, 0.6) is 0 Å². The molecule has 3 aromatic rings. The first kappa shape index (κ1) is 16.7. The zero-order valence-corrected chi connectivity index (χ0v) is 15.1. The molecule has 4 rings (SSSR count). The van der Waals surface area contributed by atoms with Crippen molar-refractivity contribution < 1.29 is 14.5 Å². The number of rotatable bonds is 4. The Labute approximate surface area is 155 Å². The van der Waals surface area contributed by atoms with Crippen LogP contribution < -0.4 is 4.90 Å². The molecule has 130 valence electrons. The minimum Gasteiger partial charge on any atom is -0.268 e. The van der Waals surface area contributed by atoms with E-state index in [0.717, 1.165) is 31.3 Å². The van der Waals surface area contributed by atoms with E-state index in [1.54, 1.807) is 30.0 Å². The number of carbonyl (C=O) groups is 2. The van der Waals surface area contributed by atoms with Crippen LogP contribution in [0.25, 0.3) is 10.2 Å². The third-order valence-electron chi connectivity index (χ3n) is 3.96. The number of nitro groups is 1. The number of thiazole rings is 1. The highest BCUT2D eigenvalue weighted by Crippen LogP contribution is 2.35.